The Hall–Kier alpha value is -2.47. The van der Waals surface area contributed by atoms with E-state index < -0.39 is 17.7 Å². The number of ether oxygens (including phenoxy) is 1. The van der Waals surface area contributed by atoms with E-state index in [1.165, 1.54) is 13.2 Å². The van der Waals surface area contributed by atoms with E-state index in [0.717, 1.165) is 11.6 Å². The summed E-state index contributed by atoms with van der Waals surface area (Å²) in [4.78, 5) is 11.7. The van der Waals surface area contributed by atoms with Gasteiger partial charge in [-0.1, -0.05) is 35.9 Å². The Labute approximate surface area is 165 Å². The minimum Gasteiger partial charge on any atom is -0.465 e. The van der Waals surface area contributed by atoms with Crippen LogP contribution in [0.25, 0.3) is 0 Å². The number of hydrogen-bond acceptors (Lipinski definition) is 3. The second-order valence-corrected chi connectivity index (χ2v) is 7.38. The van der Waals surface area contributed by atoms with E-state index in [9.17, 15) is 18.0 Å². The number of fused-ring (bicyclic) bond motifs is 3. The van der Waals surface area contributed by atoms with E-state index in [2.05, 4.69) is 5.32 Å². The predicted molar refractivity (Wildman–Crippen MR) is 101 cm³/mol. The number of rotatable bonds is 2. The van der Waals surface area contributed by atoms with Crippen molar-refractivity contribution in [2.24, 2.45) is 5.92 Å². The first-order valence-electron chi connectivity index (χ1n) is 8.82. The van der Waals surface area contributed by atoms with Gasteiger partial charge in [-0.25, -0.2) is 4.79 Å². The van der Waals surface area contributed by atoms with Gasteiger partial charge in [-0.3, -0.25) is 0 Å². The van der Waals surface area contributed by atoms with Gasteiger partial charge in [-0.2, -0.15) is 13.2 Å². The molecule has 1 heterocycles. The second kappa shape index (κ2) is 6.85. The number of carbonyl (C=O) groups is 1. The lowest BCUT2D eigenvalue weighted by molar-refractivity contribution is -0.138. The quantitative estimate of drug-likeness (QED) is 0.492. The number of allylic oxidation sites excluding steroid dienone is 2. The Kier molecular flexibility index (Phi) is 4.62. The Morgan fingerprint density at radius 2 is 1.89 bits per heavy atom. The van der Waals surface area contributed by atoms with Crippen molar-refractivity contribution in [1.82, 2.24) is 0 Å². The lowest BCUT2D eigenvalue weighted by atomic mass is 9.75. The van der Waals surface area contributed by atoms with E-state index in [-0.39, 0.29) is 28.5 Å². The molecular weight excluding hydrogens is 391 g/mol. The van der Waals surface area contributed by atoms with Crippen molar-refractivity contribution in [1.29, 1.82) is 0 Å². The molecule has 0 amide bonds. The highest BCUT2D eigenvalue weighted by molar-refractivity contribution is 6.33. The van der Waals surface area contributed by atoms with Gasteiger partial charge in [0, 0.05) is 5.92 Å². The molecule has 1 N–H and O–H groups in total. The Bertz CT molecular complexity index is 953. The zero-order chi connectivity index (χ0) is 20.1. The van der Waals surface area contributed by atoms with Crippen molar-refractivity contribution in [2.75, 3.05) is 12.4 Å². The molecule has 0 unspecified atom stereocenters. The summed E-state index contributed by atoms with van der Waals surface area (Å²) in [7, 11) is 1.31. The van der Waals surface area contributed by atoms with Crippen LogP contribution in [-0.2, 0) is 10.9 Å². The first-order valence-corrected chi connectivity index (χ1v) is 9.20. The molecule has 0 saturated carbocycles. The van der Waals surface area contributed by atoms with Gasteiger partial charge >= 0.3 is 12.1 Å². The standard InChI is InChI=1S/C21H17ClF3NO2/c1-28-20(27)12-7-5-11(6-8-12)18-14-4-2-3-13(14)17-15(21(23,24)25)9-10-16(22)19(17)26-18/h2-3,5-10,13-14,18,26H,4H2,1H3/t13-,14-,18-/m0/s1. The Morgan fingerprint density at radius 3 is 2.54 bits per heavy atom. The summed E-state index contributed by atoms with van der Waals surface area (Å²) in [5.41, 5.74) is 1.18. The van der Waals surface area contributed by atoms with Crippen LogP contribution in [0.3, 0.4) is 0 Å². The smallest absolute Gasteiger partial charge is 0.416 e. The number of nitrogens with one attached hydrogen (secondary N) is 1. The third-order valence-corrected chi connectivity index (χ3v) is 5.78. The highest BCUT2D eigenvalue weighted by atomic mass is 35.5. The van der Waals surface area contributed by atoms with Gasteiger partial charge in [0.15, 0.2) is 0 Å². The molecule has 0 fully saturated rings. The SMILES string of the molecule is COC(=O)c1ccc([C@@H]2Nc3c(Cl)ccc(C(F)(F)F)c3[C@H]3C=CC[C@@H]32)cc1. The molecule has 0 bridgehead atoms. The molecule has 4 rings (SSSR count). The molecule has 0 radical (unpaired) electrons. The average Bonchev–Trinajstić information content (AvgIpc) is 3.16. The number of methoxy groups -OCH3 is 1. The molecule has 3 atom stereocenters. The van der Waals surface area contributed by atoms with Crippen LogP contribution in [-0.4, -0.2) is 13.1 Å². The second-order valence-electron chi connectivity index (χ2n) is 6.97. The van der Waals surface area contributed by atoms with Crippen molar-refractivity contribution in [3.05, 3.63) is 75.8 Å². The topological polar surface area (TPSA) is 38.3 Å². The first kappa shape index (κ1) is 18.9. The van der Waals surface area contributed by atoms with Crippen molar-refractivity contribution >= 4 is 23.3 Å². The van der Waals surface area contributed by atoms with Gasteiger partial charge < -0.3 is 10.1 Å². The minimum absolute atomic E-state index is 0.0731. The monoisotopic (exact) mass is 407 g/mol. The first-order chi connectivity index (χ1) is 13.3. The molecule has 28 heavy (non-hydrogen) atoms. The van der Waals surface area contributed by atoms with Gasteiger partial charge in [0.05, 0.1) is 35.0 Å². The lowest BCUT2D eigenvalue weighted by Crippen LogP contribution is -2.31. The highest BCUT2D eigenvalue weighted by Crippen LogP contribution is 2.54. The van der Waals surface area contributed by atoms with Crippen LogP contribution in [0.5, 0.6) is 0 Å². The number of carbonyl (C=O) groups excluding carboxylic acids is 1. The maximum absolute atomic E-state index is 13.6. The molecule has 1 aliphatic heterocycles. The third-order valence-electron chi connectivity index (χ3n) is 5.47. The predicted octanol–water partition coefficient (Wildman–Crippen LogP) is 5.97. The van der Waals surface area contributed by atoms with Gasteiger partial charge in [0.1, 0.15) is 0 Å². The number of alkyl halides is 3. The lowest BCUT2D eigenvalue weighted by Gasteiger charge is -2.39. The Morgan fingerprint density at radius 1 is 1.18 bits per heavy atom. The Balaban J connectivity index is 1.78. The summed E-state index contributed by atoms with van der Waals surface area (Å²) in [5, 5.41) is 3.50. The molecule has 7 heteroatoms. The van der Waals surface area contributed by atoms with E-state index in [0.29, 0.717) is 17.7 Å². The van der Waals surface area contributed by atoms with E-state index in [1.54, 1.807) is 24.3 Å². The summed E-state index contributed by atoms with van der Waals surface area (Å²) in [5.74, 6) is -0.889. The van der Waals surface area contributed by atoms with Crippen LogP contribution in [0.4, 0.5) is 18.9 Å². The van der Waals surface area contributed by atoms with Crippen LogP contribution in [0.1, 0.15) is 45.4 Å². The van der Waals surface area contributed by atoms with E-state index >= 15 is 0 Å². The summed E-state index contributed by atoms with van der Waals surface area (Å²) in [6.45, 7) is 0. The number of benzene rings is 2. The largest absolute Gasteiger partial charge is 0.465 e. The van der Waals surface area contributed by atoms with Gasteiger partial charge in [-0.15, -0.1) is 0 Å². The maximum Gasteiger partial charge on any atom is 0.416 e. The molecule has 0 saturated heterocycles. The number of halogens is 4. The number of esters is 1. The molecule has 2 aromatic rings. The fraction of sp³-hybridized carbons (Fsp3) is 0.286. The van der Waals surface area contributed by atoms with Crippen LogP contribution in [0.2, 0.25) is 5.02 Å². The minimum atomic E-state index is -4.45. The van der Waals surface area contributed by atoms with Crippen molar-refractivity contribution in [2.45, 2.75) is 24.6 Å². The molecule has 0 spiro atoms. The molecule has 2 aliphatic rings. The average molecular weight is 408 g/mol. The number of anilines is 1. The normalized spacial score (nSPS) is 23.0. The fourth-order valence-corrected chi connectivity index (χ4v) is 4.42. The summed E-state index contributed by atoms with van der Waals surface area (Å²) < 4.78 is 45.5. The van der Waals surface area contributed by atoms with Crippen molar-refractivity contribution in [3.8, 4) is 0 Å². The van der Waals surface area contributed by atoms with Crippen LogP contribution < -0.4 is 5.32 Å². The van der Waals surface area contributed by atoms with Crippen molar-refractivity contribution in [3.63, 3.8) is 0 Å². The molecule has 2 aromatic carbocycles. The fourth-order valence-electron chi connectivity index (χ4n) is 4.20. The molecule has 146 valence electrons. The third kappa shape index (κ3) is 3.05. The van der Waals surface area contributed by atoms with Crippen molar-refractivity contribution < 1.29 is 22.7 Å². The van der Waals surface area contributed by atoms with Crippen LogP contribution in [0.15, 0.2) is 48.6 Å². The number of hydrogen-bond donors (Lipinski definition) is 1. The van der Waals surface area contributed by atoms with Gasteiger partial charge in [0.25, 0.3) is 0 Å². The molecule has 1 aliphatic carbocycles. The van der Waals surface area contributed by atoms with Gasteiger partial charge in [-0.05, 0) is 47.7 Å². The molecule has 0 aromatic heterocycles. The highest BCUT2D eigenvalue weighted by Gasteiger charge is 2.44. The molecular formula is C21H17ClF3NO2. The maximum atomic E-state index is 13.6. The van der Waals surface area contributed by atoms with E-state index in [1.807, 2.05) is 12.2 Å². The van der Waals surface area contributed by atoms with Gasteiger partial charge in [0.2, 0.25) is 0 Å². The summed E-state index contributed by atoms with van der Waals surface area (Å²) in [6, 6.07) is 9.02. The summed E-state index contributed by atoms with van der Waals surface area (Å²) >= 11 is 6.28. The van der Waals surface area contributed by atoms with E-state index in [4.69, 9.17) is 16.3 Å². The summed E-state index contributed by atoms with van der Waals surface area (Å²) in [6.07, 6.45) is -0.0363. The van der Waals surface area contributed by atoms with Crippen LogP contribution in [0, 0.1) is 5.92 Å². The zero-order valence-electron chi connectivity index (χ0n) is 14.9. The zero-order valence-corrected chi connectivity index (χ0v) is 15.6. The molecule has 3 nitrogen and oxygen atoms in total. The van der Waals surface area contributed by atoms with Crippen LogP contribution >= 0.6 is 11.6 Å².